The zero-order chi connectivity index (χ0) is 15.0. The highest BCUT2D eigenvalue weighted by Crippen LogP contribution is 2.28. The maximum atomic E-state index is 13.9. The van der Waals surface area contributed by atoms with Gasteiger partial charge in [-0.1, -0.05) is 30.3 Å². The number of aromatic nitrogens is 2. The molecule has 0 saturated carbocycles. The van der Waals surface area contributed by atoms with Gasteiger partial charge in [0.15, 0.2) is 0 Å². The van der Waals surface area contributed by atoms with Gasteiger partial charge in [0.1, 0.15) is 5.82 Å². The molecule has 0 bridgehead atoms. The number of nitrogens with zero attached hydrogens (tertiary/aromatic N) is 2. The van der Waals surface area contributed by atoms with E-state index >= 15 is 0 Å². The van der Waals surface area contributed by atoms with E-state index in [1.165, 1.54) is 0 Å². The lowest BCUT2D eigenvalue weighted by Crippen LogP contribution is -2.19. The fourth-order valence-corrected chi connectivity index (χ4v) is 2.70. The third kappa shape index (κ3) is 2.32. The zero-order valence-electron chi connectivity index (χ0n) is 12.4. The van der Waals surface area contributed by atoms with E-state index in [0.717, 1.165) is 22.2 Å². The predicted molar refractivity (Wildman–Crippen MR) is 82.8 cm³/mol. The van der Waals surface area contributed by atoms with Crippen LogP contribution in [-0.4, -0.2) is 16.8 Å². The standard InChI is InChI=1S/C17H18FN3/c1-11-8-9-12(10-14(11)18)16(19-2)17-13-6-4-5-7-15(13)21(3)20-17/h4-10,16,19H,1-3H3. The fourth-order valence-electron chi connectivity index (χ4n) is 2.70. The highest BCUT2D eigenvalue weighted by Gasteiger charge is 2.19. The minimum atomic E-state index is -0.187. The number of para-hydroxylation sites is 1. The first-order valence-corrected chi connectivity index (χ1v) is 6.96. The Morgan fingerprint density at radius 3 is 2.67 bits per heavy atom. The van der Waals surface area contributed by atoms with Crippen LogP contribution in [0.2, 0.25) is 0 Å². The van der Waals surface area contributed by atoms with Crippen LogP contribution in [0.25, 0.3) is 10.9 Å². The molecule has 21 heavy (non-hydrogen) atoms. The third-order valence-electron chi connectivity index (χ3n) is 3.88. The Kier molecular flexibility index (Phi) is 3.47. The average molecular weight is 283 g/mol. The van der Waals surface area contributed by atoms with Crippen LogP contribution in [0, 0.1) is 12.7 Å². The molecule has 0 fully saturated rings. The summed E-state index contributed by atoms with van der Waals surface area (Å²) in [7, 11) is 3.79. The molecule has 0 spiro atoms. The van der Waals surface area contributed by atoms with Gasteiger partial charge in [0.05, 0.1) is 17.3 Å². The van der Waals surface area contributed by atoms with Gasteiger partial charge in [0, 0.05) is 12.4 Å². The number of hydrogen-bond acceptors (Lipinski definition) is 2. The van der Waals surface area contributed by atoms with E-state index in [2.05, 4.69) is 10.4 Å². The minimum Gasteiger partial charge on any atom is -0.308 e. The van der Waals surface area contributed by atoms with Crippen molar-refractivity contribution in [3.63, 3.8) is 0 Å². The summed E-state index contributed by atoms with van der Waals surface area (Å²) in [6.45, 7) is 1.77. The summed E-state index contributed by atoms with van der Waals surface area (Å²) in [5, 5.41) is 8.95. The molecule has 3 rings (SSSR count). The lowest BCUT2D eigenvalue weighted by molar-refractivity contribution is 0.603. The molecule has 0 aliphatic carbocycles. The fraction of sp³-hybridized carbons (Fsp3) is 0.235. The first-order valence-electron chi connectivity index (χ1n) is 6.96. The largest absolute Gasteiger partial charge is 0.308 e. The van der Waals surface area contributed by atoms with Crippen molar-refractivity contribution in [3.8, 4) is 0 Å². The second-order valence-corrected chi connectivity index (χ2v) is 5.26. The van der Waals surface area contributed by atoms with Gasteiger partial charge in [-0.2, -0.15) is 5.10 Å². The highest BCUT2D eigenvalue weighted by molar-refractivity contribution is 5.82. The molecule has 1 aromatic heterocycles. The lowest BCUT2D eigenvalue weighted by atomic mass is 10.00. The van der Waals surface area contributed by atoms with Gasteiger partial charge in [-0.25, -0.2) is 4.39 Å². The lowest BCUT2D eigenvalue weighted by Gasteiger charge is -2.15. The van der Waals surface area contributed by atoms with Crippen LogP contribution in [0.4, 0.5) is 4.39 Å². The van der Waals surface area contributed by atoms with Crippen LogP contribution < -0.4 is 5.32 Å². The molecule has 0 saturated heterocycles. The first kappa shape index (κ1) is 13.8. The number of nitrogens with one attached hydrogen (secondary N) is 1. The maximum Gasteiger partial charge on any atom is 0.126 e. The molecule has 1 unspecified atom stereocenters. The normalized spacial score (nSPS) is 12.8. The zero-order valence-corrected chi connectivity index (χ0v) is 12.4. The number of benzene rings is 2. The summed E-state index contributed by atoms with van der Waals surface area (Å²) >= 11 is 0. The third-order valence-corrected chi connectivity index (χ3v) is 3.88. The summed E-state index contributed by atoms with van der Waals surface area (Å²) in [6, 6.07) is 13.3. The molecule has 0 aliphatic heterocycles. The number of fused-ring (bicyclic) bond motifs is 1. The molecular weight excluding hydrogens is 265 g/mol. The Morgan fingerprint density at radius 2 is 1.95 bits per heavy atom. The Hall–Kier alpha value is -2.20. The van der Waals surface area contributed by atoms with E-state index in [4.69, 9.17) is 0 Å². The van der Waals surface area contributed by atoms with Gasteiger partial charge in [0.25, 0.3) is 0 Å². The molecule has 2 aromatic carbocycles. The molecule has 3 nitrogen and oxygen atoms in total. The topological polar surface area (TPSA) is 29.9 Å². The van der Waals surface area contributed by atoms with E-state index in [9.17, 15) is 4.39 Å². The Balaban J connectivity index is 2.16. The van der Waals surface area contributed by atoms with E-state index in [-0.39, 0.29) is 11.9 Å². The Labute approximate surface area is 123 Å². The van der Waals surface area contributed by atoms with E-state index in [0.29, 0.717) is 5.56 Å². The van der Waals surface area contributed by atoms with Crippen molar-refractivity contribution in [3.05, 3.63) is 65.1 Å². The first-order chi connectivity index (χ1) is 10.1. The van der Waals surface area contributed by atoms with Crippen molar-refractivity contribution >= 4 is 10.9 Å². The summed E-state index contributed by atoms with van der Waals surface area (Å²) in [4.78, 5) is 0. The van der Waals surface area contributed by atoms with Gasteiger partial charge in [0.2, 0.25) is 0 Å². The van der Waals surface area contributed by atoms with Gasteiger partial charge in [-0.15, -0.1) is 0 Å². The quantitative estimate of drug-likeness (QED) is 0.799. The molecule has 108 valence electrons. The van der Waals surface area contributed by atoms with Gasteiger partial charge >= 0.3 is 0 Å². The average Bonchev–Trinajstić information content (AvgIpc) is 2.82. The minimum absolute atomic E-state index is 0.133. The summed E-state index contributed by atoms with van der Waals surface area (Å²) < 4.78 is 15.7. The molecular formula is C17H18FN3. The van der Waals surface area contributed by atoms with E-state index < -0.39 is 0 Å². The van der Waals surface area contributed by atoms with Crippen molar-refractivity contribution < 1.29 is 4.39 Å². The van der Waals surface area contributed by atoms with Crippen molar-refractivity contribution in [2.24, 2.45) is 7.05 Å². The van der Waals surface area contributed by atoms with Gasteiger partial charge in [-0.3, -0.25) is 4.68 Å². The second-order valence-electron chi connectivity index (χ2n) is 5.26. The van der Waals surface area contributed by atoms with Gasteiger partial charge < -0.3 is 5.32 Å². The predicted octanol–water partition coefficient (Wildman–Crippen LogP) is 3.33. The smallest absolute Gasteiger partial charge is 0.126 e. The van der Waals surface area contributed by atoms with Crippen LogP contribution >= 0.6 is 0 Å². The van der Waals surface area contributed by atoms with Crippen molar-refractivity contribution in [1.82, 2.24) is 15.1 Å². The van der Waals surface area contributed by atoms with Crippen LogP contribution in [0.5, 0.6) is 0 Å². The van der Waals surface area contributed by atoms with Crippen molar-refractivity contribution in [1.29, 1.82) is 0 Å². The second kappa shape index (κ2) is 5.30. The van der Waals surface area contributed by atoms with E-state index in [1.54, 1.807) is 19.1 Å². The SMILES string of the molecule is CNC(c1ccc(C)c(F)c1)c1nn(C)c2ccccc12. The Morgan fingerprint density at radius 1 is 1.19 bits per heavy atom. The number of hydrogen-bond donors (Lipinski definition) is 1. The maximum absolute atomic E-state index is 13.9. The molecule has 1 heterocycles. The van der Waals surface area contributed by atoms with Crippen molar-refractivity contribution in [2.45, 2.75) is 13.0 Å². The number of rotatable bonds is 3. The molecule has 0 amide bonds. The highest BCUT2D eigenvalue weighted by atomic mass is 19.1. The summed E-state index contributed by atoms with van der Waals surface area (Å²) in [6.07, 6.45) is 0. The number of aryl methyl sites for hydroxylation is 2. The van der Waals surface area contributed by atoms with Crippen molar-refractivity contribution in [2.75, 3.05) is 7.05 Å². The molecule has 4 heteroatoms. The number of halogens is 1. The van der Waals surface area contributed by atoms with Crippen LogP contribution in [-0.2, 0) is 7.05 Å². The molecule has 3 aromatic rings. The van der Waals surface area contributed by atoms with E-state index in [1.807, 2.05) is 49.1 Å². The molecule has 1 N–H and O–H groups in total. The summed E-state index contributed by atoms with van der Waals surface area (Å²) in [5.74, 6) is -0.187. The van der Waals surface area contributed by atoms with Crippen LogP contribution in [0.1, 0.15) is 22.9 Å². The molecule has 0 radical (unpaired) electrons. The van der Waals surface area contributed by atoms with Crippen LogP contribution in [0.3, 0.4) is 0 Å². The van der Waals surface area contributed by atoms with Gasteiger partial charge in [-0.05, 0) is 37.2 Å². The molecule has 0 aliphatic rings. The Bertz CT molecular complexity index is 792. The monoisotopic (exact) mass is 283 g/mol. The molecule has 1 atom stereocenters. The summed E-state index contributed by atoms with van der Waals surface area (Å²) in [5.41, 5.74) is 3.52. The van der Waals surface area contributed by atoms with Crippen LogP contribution in [0.15, 0.2) is 42.5 Å².